The number of primary sulfonamides is 1. The lowest BCUT2D eigenvalue weighted by atomic mass is 9.96. The van der Waals surface area contributed by atoms with Gasteiger partial charge in [-0.05, 0) is 48.7 Å². The monoisotopic (exact) mass is 573 g/mol. The molecule has 11 nitrogen and oxygen atoms in total. The van der Waals surface area contributed by atoms with Gasteiger partial charge < -0.3 is 10.8 Å². The van der Waals surface area contributed by atoms with E-state index < -0.39 is 26.1 Å². The van der Waals surface area contributed by atoms with Crippen LogP contribution in [0.4, 0.5) is 10.5 Å². The average Bonchev–Trinajstić information content (AvgIpc) is 2.89. The van der Waals surface area contributed by atoms with Crippen LogP contribution in [0.1, 0.15) is 37.7 Å². The van der Waals surface area contributed by atoms with E-state index in [9.17, 15) is 21.6 Å². The second-order valence-electron chi connectivity index (χ2n) is 8.95. The van der Waals surface area contributed by atoms with E-state index in [1.807, 2.05) is 0 Å². The fourth-order valence-electron chi connectivity index (χ4n) is 4.15. The normalized spacial score (nSPS) is 14.1. The van der Waals surface area contributed by atoms with Crippen LogP contribution in [0.3, 0.4) is 0 Å². The van der Waals surface area contributed by atoms with Crippen molar-refractivity contribution in [3.05, 3.63) is 78.4 Å². The SMILES string of the molecule is N=C(N)c1cccc(S(=O)(=O)NC2CCCCC2)c1.NS(=O)(=O)c1ccccc1-c1ccc(NC(=O)O)cc1. The second-order valence-corrected chi connectivity index (χ2v) is 12.2. The van der Waals surface area contributed by atoms with Crippen molar-refractivity contribution >= 4 is 37.7 Å². The zero-order valence-electron chi connectivity index (χ0n) is 21.0. The van der Waals surface area contributed by atoms with E-state index >= 15 is 0 Å². The molecule has 0 saturated heterocycles. The number of nitrogens with two attached hydrogens (primary N) is 2. The van der Waals surface area contributed by atoms with E-state index in [4.69, 9.17) is 21.4 Å². The molecule has 1 fully saturated rings. The summed E-state index contributed by atoms with van der Waals surface area (Å²) in [6, 6.07) is 18.9. The molecule has 0 atom stereocenters. The highest BCUT2D eigenvalue weighted by atomic mass is 32.2. The Kier molecular flexibility index (Phi) is 9.81. The van der Waals surface area contributed by atoms with Crippen LogP contribution < -0.4 is 20.9 Å². The first-order valence-corrected chi connectivity index (χ1v) is 15.1. The molecule has 0 bridgehead atoms. The topological polar surface area (TPSA) is 206 Å². The third-order valence-electron chi connectivity index (χ3n) is 6.02. The molecule has 1 amide bonds. The van der Waals surface area contributed by atoms with Crippen molar-refractivity contribution in [1.82, 2.24) is 4.72 Å². The van der Waals surface area contributed by atoms with Crippen LogP contribution >= 0.6 is 0 Å². The Morgan fingerprint density at radius 2 is 1.54 bits per heavy atom. The molecule has 8 N–H and O–H groups in total. The minimum atomic E-state index is -3.82. The Bertz CT molecular complexity index is 1540. The predicted octanol–water partition coefficient (Wildman–Crippen LogP) is 3.67. The number of amidine groups is 1. The highest BCUT2D eigenvalue weighted by Crippen LogP contribution is 2.27. The van der Waals surface area contributed by atoms with Gasteiger partial charge in [0.25, 0.3) is 0 Å². The number of carboxylic acid groups (broad SMARTS) is 1. The van der Waals surface area contributed by atoms with E-state index in [1.165, 1.54) is 24.6 Å². The molecule has 0 spiro atoms. The first kappa shape index (κ1) is 29.8. The Morgan fingerprint density at radius 3 is 2.13 bits per heavy atom. The third kappa shape index (κ3) is 8.61. The Morgan fingerprint density at radius 1 is 0.897 bits per heavy atom. The number of benzene rings is 3. The van der Waals surface area contributed by atoms with Crippen LogP contribution in [0.25, 0.3) is 11.1 Å². The van der Waals surface area contributed by atoms with Gasteiger partial charge in [-0.25, -0.2) is 31.5 Å². The van der Waals surface area contributed by atoms with Crippen molar-refractivity contribution < 1.29 is 26.7 Å². The molecule has 0 radical (unpaired) electrons. The average molecular weight is 574 g/mol. The van der Waals surface area contributed by atoms with Crippen LogP contribution in [0.2, 0.25) is 0 Å². The summed E-state index contributed by atoms with van der Waals surface area (Å²) >= 11 is 0. The number of nitrogens with one attached hydrogen (secondary N) is 3. The Hall–Kier alpha value is -3.78. The number of carbonyl (C=O) groups is 1. The van der Waals surface area contributed by atoms with Gasteiger partial charge in [0.1, 0.15) is 5.84 Å². The fraction of sp³-hybridized carbons (Fsp3) is 0.231. The molecule has 13 heteroatoms. The lowest BCUT2D eigenvalue weighted by Crippen LogP contribution is -2.36. The van der Waals surface area contributed by atoms with E-state index in [2.05, 4.69) is 10.0 Å². The highest BCUT2D eigenvalue weighted by Gasteiger charge is 2.22. The lowest BCUT2D eigenvalue weighted by Gasteiger charge is -2.22. The maximum absolute atomic E-state index is 12.3. The quantitative estimate of drug-likeness (QED) is 0.182. The van der Waals surface area contributed by atoms with E-state index in [-0.39, 0.29) is 21.7 Å². The van der Waals surface area contributed by atoms with Crippen molar-refractivity contribution in [2.24, 2.45) is 10.9 Å². The molecule has 0 unspecified atom stereocenters. The molecule has 39 heavy (non-hydrogen) atoms. The summed E-state index contributed by atoms with van der Waals surface area (Å²) in [5, 5.41) is 23.3. The van der Waals surface area contributed by atoms with Crippen molar-refractivity contribution in [1.29, 1.82) is 5.41 Å². The molecule has 1 aliphatic carbocycles. The maximum Gasteiger partial charge on any atom is 0.409 e. The van der Waals surface area contributed by atoms with E-state index in [0.717, 1.165) is 25.7 Å². The molecule has 4 rings (SSSR count). The number of rotatable bonds is 7. The molecule has 1 aliphatic rings. The maximum atomic E-state index is 12.3. The zero-order valence-corrected chi connectivity index (χ0v) is 22.6. The summed E-state index contributed by atoms with van der Waals surface area (Å²) in [6.07, 6.45) is 3.94. The van der Waals surface area contributed by atoms with E-state index in [1.54, 1.807) is 54.6 Å². The summed E-state index contributed by atoms with van der Waals surface area (Å²) in [5.74, 6) is -0.130. The lowest BCUT2D eigenvalue weighted by molar-refractivity contribution is 0.209. The largest absolute Gasteiger partial charge is 0.465 e. The first-order valence-electron chi connectivity index (χ1n) is 12.1. The van der Waals surface area contributed by atoms with Crippen molar-refractivity contribution in [3.8, 4) is 11.1 Å². The van der Waals surface area contributed by atoms with Crippen LogP contribution in [-0.4, -0.2) is 39.9 Å². The van der Waals surface area contributed by atoms with Crippen molar-refractivity contribution in [3.63, 3.8) is 0 Å². The molecular formula is C26H31N5O6S2. The van der Waals surface area contributed by atoms with Crippen LogP contribution in [-0.2, 0) is 20.0 Å². The molecule has 1 saturated carbocycles. The summed E-state index contributed by atoms with van der Waals surface area (Å²) in [7, 11) is -7.34. The number of hydrogen-bond acceptors (Lipinski definition) is 6. The summed E-state index contributed by atoms with van der Waals surface area (Å²) < 4.78 is 50.3. The summed E-state index contributed by atoms with van der Waals surface area (Å²) in [5.41, 5.74) is 7.30. The molecule has 0 aliphatic heterocycles. The van der Waals surface area contributed by atoms with Crippen molar-refractivity contribution in [2.75, 3.05) is 5.32 Å². The van der Waals surface area contributed by atoms with Gasteiger partial charge in [-0.3, -0.25) is 10.7 Å². The van der Waals surface area contributed by atoms with Gasteiger partial charge in [-0.1, -0.05) is 61.7 Å². The number of sulfonamides is 2. The van der Waals surface area contributed by atoms with Gasteiger partial charge in [-0.15, -0.1) is 0 Å². The smallest absolute Gasteiger partial charge is 0.409 e. The molecule has 3 aromatic rings. The summed E-state index contributed by atoms with van der Waals surface area (Å²) in [4.78, 5) is 10.7. The number of amides is 1. The van der Waals surface area contributed by atoms with Gasteiger partial charge in [0, 0.05) is 22.9 Å². The van der Waals surface area contributed by atoms with Gasteiger partial charge in [0.2, 0.25) is 20.0 Å². The minimum Gasteiger partial charge on any atom is -0.465 e. The van der Waals surface area contributed by atoms with Crippen LogP contribution in [0.15, 0.2) is 82.6 Å². The Labute approximate surface area is 227 Å². The molecule has 0 aromatic heterocycles. The first-order chi connectivity index (χ1) is 18.4. The summed E-state index contributed by atoms with van der Waals surface area (Å²) in [6.45, 7) is 0. The zero-order chi connectivity index (χ0) is 28.6. The van der Waals surface area contributed by atoms with E-state index in [0.29, 0.717) is 22.4 Å². The van der Waals surface area contributed by atoms with Gasteiger partial charge in [-0.2, -0.15) is 0 Å². The van der Waals surface area contributed by atoms with Crippen LogP contribution in [0, 0.1) is 5.41 Å². The number of hydrogen-bond donors (Lipinski definition) is 6. The van der Waals surface area contributed by atoms with Gasteiger partial charge in [0.05, 0.1) is 9.79 Å². The predicted molar refractivity (Wildman–Crippen MR) is 150 cm³/mol. The Balaban J connectivity index is 0.000000216. The fourth-order valence-corrected chi connectivity index (χ4v) is 6.26. The molecule has 3 aromatic carbocycles. The standard InChI is InChI=1S/C13H19N3O2S.C13H12N2O4S/c14-13(15)10-5-4-8-12(9-10)19(17,18)16-11-6-2-1-3-7-11;14-20(18,19)12-4-2-1-3-11(12)9-5-7-10(8-6-9)15-13(16)17/h4-5,8-9,11,16H,1-3,6-7H2,(H3,14,15);1-8,15H,(H,16,17)(H2,14,18,19). The molecule has 0 heterocycles. The number of anilines is 1. The van der Waals surface area contributed by atoms with Crippen molar-refractivity contribution in [2.45, 2.75) is 47.9 Å². The van der Waals surface area contributed by atoms with Gasteiger partial charge in [0.15, 0.2) is 0 Å². The van der Waals surface area contributed by atoms with Crippen LogP contribution in [0.5, 0.6) is 0 Å². The second kappa shape index (κ2) is 12.8. The highest BCUT2D eigenvalue weighted by molar-refractivity contribution is 7.89. The molecule has 208 valence electrons. The molecular weight excluding hydrogens is 542 g/mol. The minimum absolute atomic E-state index is 0.0268. The van der Waals surface area contributed by atoms with Gasteiger partial charge >= 0.3 is 6.09 Å². The number of nitrogen functional groups attached to an aromatic ring is 1. The third-order valence-corrected chi connectivity index (χ3v) is 8.51.